The fourth-order valence-electron chi connectivity index (χ4n) is 1.42. The van der Waals surface area contributed by atoms with Gasteiger partial charge in [0.15, 0.2) is 10.8 Å². The van der Waals surface area contributed by atoms with E-state index in [4.69, 9.17) is 15.6 Å². The molecule has 1 aromatic carbocycles. The van der Waals surface area contributed by atoms with Crippen LogP contribution in [0.1, 0.15) is 20.9 Å². The van der Waals surface area contributed by atoms with Crippen LogP contribution in [0.15, 0.2) is 35.8 Å². The number of carboxylic acids is 1. The molecule has 0 aliphatic rings. The average molecular weight is 346 g/mol. The van der Waals surface area contributed by atoms with Crippen molar-refractivity contribution in [1.82, 2.24) is 4.98 Å². The van der Waals surface area contributed by atoms with Gasteiger partial charge in [0, 0.05) is 24.5 Å². The van der Waals surface area contributed by atoms with Gasteiger partial charge in [0.1, 0.15) is 0 Å². The molecule has 1 aromatic heterocycles. The molecule has 0 saturated carbocycles. The van der Waals surface area contributed by atoms with E-state index in [2.05, 4.69) is 4.98 Å². The molecule has 0 amide bonds. The summed E-state index contributed by atoms with van der Waals surface area (Å²) in [6.07, 6.45) is -3.03. The summed E-state index contributed by atoms with van der Waals surface area (Å²) < 4.78 is 31.7. The van der Waals surface area contributed by atoms with Crippen molar-refractivity contribution in [2.24, 2.45) is 5.73 Å². The van der Waals surface area contributed by atoms with Crippen LogP contribution in [0.3, 0.4) is 0 Å². The van der Waals surface area contributed by atoms with Crippen molar-refractivity contribution in [2.45, 2.75) is 19.1 Å². The van der Waals surface area contributed by atoms with E-state index in [0.717, 1.165) is 11.1 Å². The minimum absolute atomic E-state index is 0.0653. The Bertz CT molecular complexity index is 640. The third-order valence-corrected chi connectivity index (χ3v) is 3.35. The van der Waals surface area contributed by atoms with Crippen molar-refractivity contribution >= 4 is 23.1 Å². The molecule has 0 saturated heterocycles. The summed E-state index contributed by atoms with van der Waals surface area (Å²) in [7, 11) is 0. The summed E-state index contributed by atoms with van der Waals surface area (Å²) in [5.74, 6) is -2.69. The molecular formula is C14H13F3N2O3S. The largest absolute Gasteiger partial charge is 0.490 e. The number of hydrogen-bond acceptors (Lipinski definition) is 5. The molecule has 5 nitrogen and oxygen atoms in total. The quantitative estimate of drug-likeness (QED) is 0.830. The Hall–Kier alpha value is -2.26. The number of Topliss-reactive ketones (excluding diaryl/α,β-unsaturated/α-hetero) is 1. The lowest BCUT2D eigenvalue weighted by Gasteiger charge is -2.00. The van der Waals surface area contributed by atoms with Crippen LogP contribution in [0, 0.1) is 0 Å². The van der Waals surface area contributed by atoms with Crippen LogP contribution in [0.2, 0.25) is 0 Å². The van der Waals surface area contributed by atoms with Crippen LogP contribution < -0.4 is 5.73 Å². The molecule has 3 N–H and O–H groups in total. The highest BCUT2D eigenvalue weighted by atomic mass is 32.1. The van der Waals surface area contributed by atoms with E-state index in [-0.39, 0.29) is 5.78 Å². The van der Waals surface area contributed by atoms with E-state index in [1.807, 2.05) is 29.6 Å². The van der Waals surface area contributed by atoms with Gasteiger partial charge in [0.2, 0.25) is 0 Å². The molecule has 0 atom stereocenters. The summed E-state index contributed by atoms with van der Waals surface area (Å²) in [6, 6.07) is 7.77. The van der Waals surface area contributed by atoms with Gasteiger partial charge in [-0.2, -0.15) is 13.2 Å². The molecule has 0 spiro atoms. The first kappa shape index (κ1) is 18.8. The third kappa shape index (κ3) is 6.57. The molecule has 2 rings (SSSR count). The van der Waals surface area contributed by atoms with Crippen molar-refractivity contribution in [1.29, 1.82) is 0 Å². The van der Waals surface area contributed by atoms with Gasteiger partial charge in [-0.3, -0.25) is 4.79 Å². The van der Waals surface area contributed by atoms with Gasteiger partial charge >= 0.3 is 12.1 Å². The first-order chi connectivity index (χ1) is 10.7. The minimum atomic E-state index is -5.08. The number of aromatic nitrogens is 1. The molecule has 124 valence electrons. The highest BCUT2D eigenvalue weighted by Crippen LogP contribution is 2.13. The van der Waals surface area contributed by atoms with Crippen molar-refractivity contribution in [3.63, 3.8) is 0 Å². The normalized spacial score (nSPS) is 10.6. The molecule has 0 fully saturated rings. The van der Waals surface area contributed by atoms with E-state index in [1.54, 1.807) is 6.20 Å². The molecule has 1 heterocycles. The van der Waals surface area contributed by atoms with Gasteiger partial charge in [0.25, 0.3) is 0 Å². The van der Waals surface area contributed by atoms with Crippen molar-refractivity contribution in [3.8, 4) is 0 Å². The van der Waals surface area contributed by atoms with Gasteiger partial charge in [-0.05, 0) is 11.1 Å². The van der Waals surface area contributed by atoms with E-state index < -0.39 is 12.1 Å². The monoisotopic (exact) mass is 346 g/mol. The SMILES string of the molecule is NCc1ccc(CC(=O)c2nccs2)cc1.O=C(O)C(F)(F)F. The maximum atomic E-state index is 11.8. The molecule has 0 aliphatic carbocycles. The van der Waals surface area contributed by atoms with Crippen LogP contribution in [-0.4, -0.2) is 28.0 Å². The fraction of sp³-hybridized carbons (Fsp3) is 0.214. The number of ketones is 1. The lowest BCUT2D eigenvalue weighted by Crippen LogP contribution is -2.21. The second-order valence-electron chi connectivity index (χ2n) is 4.26. The lowest BCUT2D eigenvalue weighted by molar-refractivity contribution is -0.192. The lowest BCUT2D eigenvalue weighted by atomic mass is 10.1. The number of halogens is 3. The second-order valence-corrected chi connectivity index (χ2v) is 5.16. The standard InChI is InChI=1S/C12H12N2OS.C2HF3O2/c13-8-10-3-1-9(2-4-10)7-11(15)12-14-5-6-16-12;3-2(4,5)1(6)7/h1-6H,7-8,13H2;(H,6,7). The molecular weight excluding hydrogens is 333 g/mol. The zero-order valence-corrected chi connectivity index (χ0v) is 12.5. The van der Waals surface area contributed by atoms with Crippen LogP contribution in [0.4, 0.5) is 13.2 Å². The van der Waals surface area contributed by atoms with Crippen molar-refractivity contribution in [2.75, 3.05) is 0 Å². The number of carboxylic acid groups (broad SMARTS) is 1. The zero-order chi connectivity index (χ0) is 17.5. The predicted octanol–water partition coefficient (Wildman–Crippen LogP) is 2.66. The van der Waals surface area contributed by atoms with Crippen LogP contribution in [-0.2, 0) is 17.8 Å². The number of nitrogens with two attached hydrogens (primary N) is 1. The number of alkyl halides is 3. The van der Waals surface area contributed by atoms with Crippen molar-refractivity contribution < 1.29 is 27.9 Å². The summed E-state index contributed by atoms with van der Waals surface area (Å²) in [4.78, 5) is 24.6. The number of thiazole rings is 1. The third-order valence-electron chi connectivity index (χ3n) is 2.54. The van der Waals surface area contributed by atoms with Crippen LogP contribution >= 0.6 is 11.3 Å². The topological polar surface area (TPSA) is 93.3 Å². The predicted molar refractivity (Wildman–Crippen MR) is 78.2 cm³/mol. The average Bonchev–Trinajstić information content (AvgIpc) is 3.02. The number of carbonyl (C=O) groups excluding carboxylic acids is 1. The number of benzene rings is 1. The summed E-state index contributed by atoms with van der Waals surface area (Å²) in [5.41, 5.74) is 7.58. The summed E-state index contributed by atoms with van der Waals surface area (Å²) in [6.45, 7) is 0.528. The fourth-order valence-corrected chi connectivity index (χ4v) is 1.99. The Balaban J connectivity index is 0.000000322. The molecule has 9 heteroatoms. The summed E-state index contributed by atoms with van der Waals surface area (Å²) in [5, 5.41) is 9.51. The van der Waals surface area contributed by atoms with Gasteiger partial charge in [0.05, 0.1) is 0 Å². The molecule has 0 aliphatic heterocycles. The van der Waals surface area contributed by atoms with E-state index in [1.165, 1.54) is 11.3 Å². The Morgan fingerprint density at radius 1 is 1.17 bits per heavy atom. The first-order valence-electron chi connectivity index (χ1n) is 6.24. The number of aliphatic carboxylic acids is 1. The van der Waals surface area contributed by atoms with Gasteiger partial charge < -0.3 is 10.8 Å². The van der Waals surface area contributed by atoms with Gasteiger partial charge in [-0.15, -0.1) is 11.3 Å². The molecule has 2 aromatic rings. The molecule has 23 heavy (non-hydrogen) atoms. The zero-order valence-electron chi connectivity index (χ0n) is 11.7. The first-order valence-corrected chi connectivity index (χ1v) is 7.12. The van der Waals surface area contributed by atoms with Gasteiger partial charge in [-0.1, -0.05) is 24.3 Å². The van der Waals surface area contributed by atoms with Crippen LogP contribution in [0.5, 0.6) is 0 Å². The van der Waals surface area contributed by atoms with Crippen LogP contribution in [0.25, 0.3) is 0 Å². The van der Waals surface area contributed by atoms with Gasteiger partial charge in [-0.25, -0.2) is 9.78 Å². The smallest absolute Gasteiger partial charge is 0.475 e. The Morgan fingerprint density at radius 2 is 1.70 bits per heavy atom. The molecule has 0 radical (unpaired) electrons. The summed E-state index contributed by atoms with van der Waals surface area (Å²) >= 11 is 1.38. The highest BCUT2D eigenvalue weighted by molar-refractivity contribution is 7.11. The number of hydrogen-bond donors (Lipinski definition) is 2. The molecule has 0 bridgehead atoms. The van der Waals surface area contributed by atoms with Crippen molar-refractivity contribution in [3.05, 3.63) is 52.0 Å². The minimum Gasteiger partial charge on any atom is -0.475 e. The molecule has 0 unspecified atom stereocenters. The Labute approximate surface area is 133 Å². The number of carbonyl (C=O) groups is 2. The van der Waals surface area contributed by atoms with E-state index in [0.29, 0.717) is 18.0 Å². The number of nitrogens with zero attached hydrogens (tertiary/aromatic N) is 1. The maximum Gasteiger partial charge on any atom is 0.490 e. The highest BCUT2D eigenvalue weighted by Gasteiger charge is 2.38. The Kier molecular flexibility index (Phi) is 6.86. The van der Waals surface area contributed by atoms with E-state index in [9.17, 15) is 18.0 Å². The number of rotatable bonds is 4. The second kappa shape index (κ2) is 8.39. The maximum absolute atomic E-state index is 11.8. The van der Waals surface area contributed by atoms with E-state index >= 15 is 0 Å². The Morgan fingerprint density at radius 3 is 2.09 bits per heavy atom.